The number of ether oxygens (including phenoxy) is 7. The Kier molecular flexibility index (Phi) is 28.9. The second-order valence-corrected chi connectivity index (χ2v) is 10.9. The first-order chi connectivity index (χ1) is 18.9. The molecule has 0 aliphatic rings. The van der Waals surface area contributed by atoms with Gasteiger partial charge in [-0.2, -0.15) is 0 Å². The van der Waals surface area contributed by atoms with Crippen molar-refractivity contribution in [2.24, 2.45) is 0 Å². The summed E-state index contributed by atoms with van der Waals surface area (Å²) in [5.41, 5.74) is 0. The zero-order chi connectivity index (χ0) is 29.0. The minimum atomic E-state index is -0.0361. The normalized spacial score (nSPS) is 15.8. The fourth-order valence-corrected chi connectivity index (χ4v) is 3.86. The molecule has 1 N–H and O–H groups in total. The van der Waals surface area contributed by atoms with Crippen molar-refractivity contribution < 1.29 is 38.3 Å². The Labute approximate surface area is 240 Å². The summed E-state index contributed by atoms with van der Waals surface area (Å²) < 4.78 is 40.1. The topological polar surface area (TPSA) is 84.8 Å². The monoisotopic (exact) mass is 564 g/mol. The van der Waals surface area contributed by atoms with Gasteiger partial charge in [0.25, 0.3) is 0 Å². The highest BCUT2D eigenvalue weighted by Gasteiger charge is 2.13. The maximum atomic E-state index is 8.68. The minimum absolute atomic E-state index is 0.00602. The molecule has 0 aliphatic heterocycles. The Morgan fingerprint density at radius 3 is 1.28 bits per heavy atom. The van der Waals surface area contributed by atoms with E-state index in [0.717, 1.165) is 13.0 Å². The second kappa shape index (κ2) is 29.2. The van der Waals surface area contributed by atoms with E-state index in [0.29, 0.717) is 52.9 Å². The van der Waals surface area contributed by atoms with Crippen molar-refractivity contribution in [1.82, 2.24) is 0 Å². The third-order valence-corrected chi connectivity index (χ3v) is 6.32. The van der Waals surface area contributed by atoms with Gasteiger partial charge in [0.2, 0.25) is 0 Å². The lowest BCUT2D eigenvalue weighted by molar-refractivity contribution is -0.101. The van der Waals surface area contributed by atoms with Crippen LogP contribution in [0.5, 0.6) is 0 Å². The Hall–Kier alpha value is -0.320. The van der Waals surface area contributed by atoms with Gasteiger partial charge in [-0.3, -0.25) is 0 Å². The van der Waals surface area contributed by atoms with Crippen LogP contribution in [0.15, 0.2) is 0 Å². The molecule has 0 rings (SSSR count). The van der Waals surface area contributed by atoms with Crippen LogP contribution in [0.4, 0.5) is 0 Å². The van der Waals surface area contributed by atoms with Gasteiger partial charge >= 0.3 is 0 Å². The average Bonchev–Trinajstić information content (AvgIpc) is 2.93. The number of aliphatic hydroxyl groups excluding tert-OH is 1. The van der Waals surface area contributed by atoms with Crippen LogP contribution in [0.25, 0.3) is 0 Å². The molecular weight excluding hydrogens is 500 g/mol. The highest BCUT2D eigenvalue weighted by Crippen LogP contribution is 2.10. The van der Waals surface area contributed by atoms with Crippen molar-refractivity contribution in [1.29, 1.82) is 0 Å². The molecule has 0 spiro atoms. The van der Waals surface area contributed by atoms with E-state index >= 15 is 0 Å². The third-order valence-electron chi connectivity index (χ3n) is 6.32. The van der Waals surface area contributed by atoms with Crippen molar-refractivity contribution in [2.75, 3.05) is 66.1 Å². The van der Waals surface area contributed by atoms with Crippen molar-refractivity contribution in [3.05, 3.63) is 0 Å². The van der Waals surface area contributed by atoms with E-state index in [4.69, 9.17) is 38.3 Å². The van der Waals surface area contributed by atoms with Gasteiger partial charge in [0.05, 0.1) is 90.0 Å². The van der Waals surface area contributed by atoms with Gasteiger partial charge in [-0.1, -0.05) is 64.7 Å². The van der Waals surface area contributed by atoms with Crippen LogP contribution in [0, 0.1) is 0 Å². The predicted octanol–water partition coefficient (Wildman–Crippen LogP) is 5.96. The lowest BCUT2D eigenvalue weighted by atomic mass is 10.1. The molecule has 5 unspecified atom stereocenters. The number of aliphatic hydroxyl groups is 1. The molecular formula is C31H64O8. The highest BCUT2D eigenvalue weighted by molar-refractivity contribution is 4.58. The van der Waals surface area contributed by atoms with E-state index in [1.54, 1.807) is 0 Å². The van der Waals surface area contributed by atoms with Crippen molar-refractivity contribution in [3.8, 4) is 0 Å². The average molecular weight is 565 g/mol. The Morgan fingerprint density at radius 1 is 0.410 bits per heavy atom. The summed E-state index contributed by atoms with van der Waals surface area (Å²) in [4.78, 5) is 0. The highest BCUT2D eigenvalue weighted by atomic mass is 16.6. The predicted molar refractivity (Wildman–Crippen MR) is 158 cm³/mol. The van der Waals surface area contributed by atoms with Crippen LogP contribution in [0.1, 0.15) is 106 Å². The summed E-state index contributed by atoms with van der Waals surface area (Å²) in [6.07, 6.45) is 13.3. The van der Waals surface area contributed by atoms with E-state index in [9.17, 15) is 0 Å². The van der Waals surface area contributed by atoms with Crippen molar-refractivity contribution in [3.63, 3.8) is 0 Å². The molecule has 0 saturated heterocycles. The molecule has 236 valence electrons. The van der Waals surface area contributed by atoms with E-state index < -0.39 is 0 Å². The molecule has 8 heteroatoms. The molecule has 0 aromatic heterocycles. The van der Waals surface area contributed by atoms with Crippen LogP contribution in [-0.4, -0.2) is 102 Å². The first kappa shape index (κ1) is 38.7. The van der Waals surface area contributed by atoms with Gasteiger partial charge < -0.3 is 38.3 Å². The van der Waals surface area contributed by atoms with Gasteiger partial charge in [-0.15, -0.1) is 0 Å². The smallest absolute Gasteiger partial charge is 0.0781 e. The molecule has 0 saturated carbocycles. The van der Waals surface area contributed by atoms with Crippen molar-refractivity contribution >= 4 is 0 Å². The summed E-state index contributed by atoms with van der Waals surface area (Å²) in [7, 11) is 0. The first-order valence-corrected chi connectivity index (χ1v) is 15.7. The van der Waals surface area contributed by atoms with Crippen LogP contribution in [0.2, 0.25) is 0 Å². The second-order valence-electron chi connectivity index (χ2n) is 10.9. The lowest BCUT2D eigenvalue weighted by Gasteiger charge is -2.22. The molecule has 0 aliphatic carbocycles. The number of unbranched alkanes of at least 4 members (excludes halogenated alkanes) is 9. The standard InChI is InChI=1S/C31H64O8/c1-7-8-9-10-11-12-13-14-15-16-18-34-22-27(2)36-24-29(4)38-26-31(6)39-25-30(5)37-23-28(3)35-21-20-33-19-17-32/h27-32H,7-26H2,1-6H3. The van der Waals surface area contributed by atoms with Gasteiger partial charge in [0, 0.05) is 6.61 Å². The zero-order valence-corrected chi connectivity index (χ0v) is 26.3. The summed E-state index contributed by atoms with van der Waals surface area (Å²) in [5, 5.41) is 8.68. The number of hydrogen-bond donors (Lipinski definition) is 1. The Balaban J connectivity index is 3.59. The Morgan fingerprint density at radius 2 is 0.821 bits per heavy atom. The van der Waals surface area contributed by atoms with Crippen LogP contribution >= 0.6 is 0 Å². The maximum absolute atomic E-state index is 8.68. The van der Waals surface area contributed by atoms with Gasteiger partial charge in [-0.25, -0.2) is 0 Å². The molecule has 0 radical (unpaired) electrons. The van der Waals surface area contributed by atoms with Gasteiger partial charge in [-0.05, 0) is 41.0 Å². The largest absolute Gasteiger partial charge is 0.394 e. The minimum Gasteiger partial charge on any atom is -0.394 e. The van der Waals surface area contributed by atoms with Crippen LogP contribution in [-0.2, 0) is 33.2 Å². The van der Waals surface area contributed by atoms with Crippen molar-refractivity contribution in [2.45, 2.75) is 136 Å². The maximum Gasteiger partial charge on any atom is 0.0781 e. The molecule has 0 bridgehead atoms. The SMILES string of the molecule is CCCCCCCCCCCCOCC(C)OCC(C)OCC(C)OCC(C)OCC(C)OCCOCCO. The molecule has 39 heavy (non-hydrogen) atoms. The zero-order valence-electron chi connectivity index (χ0n) is 26.3. The van der Waals surface area contributed by atoms with Gasteiger partial charge in [0.15, 0.2) is 0 Å². The number of rotatable bonds is 31. The quantitative estimate of drug-likeness (QED) is 0.103. The first-order valence-electron chi connectivity index (χ1n) is 15.7. The summed E-state index contributed by atoms with van der Waals surface area (Å²) >= 11 is 0. The van der Waals surface area contributed by atoms with Crippen LogP contribution in [0.3, 0.4) is 0 Å². The third kappa shape index (κ3) is 29.0. The number of hydrogen-bond acceptors (Lipinski definition) is 8. The fourth-order valence-electron chi connectivity index (χ4n) is 3.86. The summed E-state index contributed by atoms with van der Waals surface area (Å²) in [6.45, 7) is 17.1. The lowest BCUT2D eigenvalue weighted by Crippen LogP contribution is -2.29. The fraction of sp³-hybridized carbons (Fsp3) is 1.00. The summed E-state index contributed by atoms with van der Waals surface area (Å²) in [6, 6.07) is 0. The molecule has 0 amide bonds. The Bertz CT molecular complexity index is 482. The summed E-state index contributed by atoms with van der Waals surface area (Å²) in [5.74, 6) is 0. The molecule has 0 aromatic rings. The molecule has 0 fully saturated rings. The van der Waals surface area contributed by atoms with Crippen LogP contribution < -0.4 is 0 Å². The van der Waals surface area contributed by atoms with E-state index in [1.807, 2.05) is 27.7 Å². The van der Waals surface area contributed by atoms with Gasteiger partial charge in [0.1, 0.15) is 0 Å². The van der Waals surface area contributed by atoms with E-state index in [-0.39, 0.29) is 37.1 Å². The molecule has 8 nitrogen and oxygen atoms in total. The molecule has 5 atom stereocenters. The van der Waals surface area contributed by atoms with E-state index in [1.165, 1.54) is 57.8 Å². The molecule has 0 aromatic carbocycles. The van der Waals surface area contributed by atoms with E-state index in [2.05, 4.69) is 13.8 Å². The molecule has 0 heterocycles.